The molecule has 0 spiro atoms. The average molecular weight is 330 g/mol. The Hall–Kier alpha value is -2.35. The van der Waals surface area contributed by atoms with Gasteiger partial charge in [-0.2, -0.15) is 4.98 Å². The van der Waals surface area contributed by atoms with Gasteiger partial charge in [-0.25, -0.2) is 9.97 Å². The number of aromatic nitrogens is 4. The number of hydrogen-bond acceptors (Lipinski definition) is 7. The van der Waals surface area contributed by atoms with Crippen LogP contribution < -0.4 is 5.32 Å². The topological polar surface area (TPSA) is 97.0 Å². The maximum Gasteiger partial charge on any atom is 0.246 e. The van der Waals surface area contributed by atoms with Crippen LogP contribution in [0.4, 0.5) is 0 Å². The van der Waals surface area contributed by atoms with Gasteiger partial charge in [0.1, 0.15) is 12.4 Å². The first-order chi connectivity index (χ1) is 11.6. The van der Waals surface area contributed by atoms with E-state index in [1.54, 1.807) is 24.2 Å². The number of likely N-dealkylation sites (tertiary alicyclic amines) is 1. The highest BCUT2D eigenvalue weighted by Crippen LogP contribution is 2.15. The molecule has 0 bridgehead atoms. The van der Waals surface area contributed by atoms with Gasteiger partial charge in [0.15, 0.2) is 5.82 Å². The number of rotatable bonds is 5. The van der Waals surface area contributed by atoms with Gasteiger partial charge in [-0.1, -0.05) is 5.16 Å². The van der Waals surface area contributed by atoms with Gasteiger partial charge in [-0.3, -0.25) is 4.79 Å². The van der Waals surface area contributed by atoms with Crippen LogP contribution in [0.1, 0.15) is 42.4 Å². The fourth-order valence-electron chi connectivity index (χ4n) is 2.77. The minimum absolute atomic E-state index is 0.0800. The predicted octanol–water partition coefficient (Wildman–Crippen LogP) is 1.15. The van der Waals surface area contributed by atoms with Crippen LogP contribution in [0.5, 0.6) is 0 Å². The molecule has 1 atom stereocenters. The molecule has 2 aromatic rings. The molecular weight excluding hydrogens is 308 g/mol. The Balaban J connectivity index is 1.61. The molecule has 1 fully saturated rings. The van der Waals surface area contributed by atoms with E-state index in [4.69, 9.17) is 4.52 Å². The zero-order chi connectivity index (χ0) is 16.9. The minimum atomic E-state index is -0.210. The van der Waals surface area contributed by atoms with E-state index < -0.39 is 0 Å². The van der Waals surface area contributed by atoms with Gasteiger partial charge in [-0.05, 0) is 33.1 Å². The van der Waals surface area contributed by atoms with Crippen LogP contribution >= 0.6 is 0 Å². The van der Waals surface area contributed by atoms with Gasteiger partial charge < -0.3 is 14.7 Å². The lowest BCUT2D eigenvalue weighted by molar-refractivity contribution is -0.133. The van der Waals surface area contributed by atoms with Gasteiger partial charge in [0.2, 0.25) is 11.8 Å². The first-order valence-electron chi connectivity index (χ1n) is 8.20. The summed E-state index contributed by atoms with van der Waals surface area (Å²) in [6.07, 6.45) is 6.38. The van der Waals surface area contributed by atoms with Crippen molar-refractivity contribution in [1.82, 2.24) is 30.3 Å². The first-order valence-corrected chi connectivity index (χ1v) is 8.20. The lowest BCUT2D eigenvalue weighted by Gasteiger charge is -2.23. The lowest BCUT2D eigenvalue weighted by atomic mass is 10.1. The Labute approximate surface area is 140 Å². The second-order valence-corrected chi connectivity index (χ2v) is 6.06. The monoisotopic (exact) mass is 330 g/mol. The Bertz CT molecular complexity index is 684. The van der Waals surface area contributed by atoms with Crippen LogP contribution in [0.25, 0.3) is 0 Å². The highest BCUT2D eigenvalue weighted by molar-refractivity contribution is 5.82. The molecule has 1 aliphatic heterocycles. The van der Waals surface area contributed by atoms with Gasteiger partial charge in [0.25, 0.3) is 0 Å². The van der Waals surface area contributed by atoms with Crippen LogP contribution in [0.3, 0.4) is 0 Å². The second-order valence-electron chi connectivity index (χ2n) is 6.06. The maximum atomic E-state index is 12.8. The fraction of sp³-hybridized carbons (Fsp3) is 0.562. The summed E-state index contributed by atoms with van der Waals surface area (Å²) in [4.78, 5) is 27.1. The Morgan fingerprint density at radius 2 is 2.04 bits per heavy atom. The van der Waals surface area contributed by atoms with E-state index in [2.05, 4.69) is 25.4 Å². The molecule has 3 heterocycles. The zero-order valence-corrected chi connectivity index (χ0v) is 14.0. The summed E-state index contributed by atoms with van der Waals surface area (Å²) in [6, 6.07) is -0.210. The third-order valence-electron chi connectivity index (χ3n) is 4.06. The van der Waals surface area contributed by atoms with Crippen molar-refractivity contribution in [2.45, 2.75) is 52.2 Å². The molecule has 8 heteroatoms. The highest BCUT2D eigenvalue weighted by Gasteiger charge is 2.27. The predicted molar refractivity (Wildman–Crippen MR) is 85.7 cm³/mol. The number of carbonyl (C=O) groups excluding carboxylic acids is 1. The van der Waals surface area contributed by atoms with Crippen LogP contribution in [0.15, 0.2) is 16.9 Å². The first kappa shape index (κ1) is 16.5. The summed E-state index contributed by atoms with van der Waals surface area (Å²) in [6.45, 7) is 5.27. The smallest absolute Gasteiger partial charge is 0.246 e. The van der Waals surface area contributed by atoms with Gasteiger partial charge in [-0.15, -0.1) is 0 Å². The van der Waals surface area contributed by atoms with Crippen molar-refractivity contribution in [3.05, 3.63) is 35.5 Å². The molecule has 0 aromatic carbocycles. The summed E-state index contributed by atoms with van der Waals surface area (Å²) < 4.78 is 5.14. The minimum Gasteiger partial charge on any atom is -0.337 e. The van der Waals surface area contributed by atoms with Gasteiger partial charge in [0, 0.05) is 31.0 Å². The number of aryl methyl sites for hydroxylation is 2. The van der Waals surface area contributed by atoms with Gasteiger partial charge in [0.05, 0.1) is 6.04 Å². The number of amides is 1. The van der Waals surface area contributed by atoms with E-state index in [0.717, 1.165) is 30.7 Å². The second kappa shape index (κ2) is 7.48. The summed E-state index contributed by atoms with van der Waals surface area (Å²) in [5.41, 5.74) is 0.969. The molecule has 0 aliphatic carbocycles. The van der Waals surface area contributed by atoms with Crippen molar-refractivity contribution < 1.29 is 9.32 Å². The molecular formula is C16H22N6O2. The number of nitrogens with zero attached hydrogens (tertiary/aromatic N) is 5. The maximum absolute atomic E-state index is 12.8. The molecule has 8 nitrogen and oxygen atoms in total. The van der Waals surface area contributed by atoms with E-state index in [9.17, 15) is 4.79 Å². The molecule has 128 valence electrons. The lowest BCUT2D eigenvalue weighted by Crippen LogP contribution is -2.44. The quantitative estimate of drug-likeness (QED) is 0.878. The molecule has 3 rings (SSSR count). The van der Waals surface area contributed by atoms with E-state index in [1.165, 1.54) is 0 Å². The normalized spacial score (nSPS) is 18.7. The third kappa shape index (κ3) is 4.14. The Morgan fingerprint density at radius 1 is 1.25 bits per heavy atom. The highest BCUT2D eigenvalue weighted by atomic mass is 16.5. The van der Waals surface area contributed by atoms with Crippen molar-refractivity contribution in [1.29, 1.82) is 0 Å². The molecule has 1 aliphatic rings. The molecule has 0 saturated carbocycles. The van der Waals surface area contributed by atoms with Crippen LogP contribution in [0, 0.1) is 13.8 Å². The van der Waals surface area contributed by atoms with E-state index in [0.29, 0.717) is 31.3 Å². The molecule has 1 unspecified atom stereocenters. The number of carbonyl (C=O) groups is 1. The van der Waals surface area contributed by atoms with Crippen LogP contribution in [-0.4, -0.2) is 43.5 Å². The summed E-state index contributed by atoms with van der Waals surface area (Å²) in [5, 5.41) is 7.11. The average Bonchev–Trinajstić information content (AvgIpc) is 2.90. The summed E-state index contributed by atoms with van der Waals surface area (Å²) in [7, 11) is 0. The Kier molecular flexibility index (Phi) is 5.14. The van der Waals surface area contributed by atoms with E-state index >= 15 is 0 Å². The fourth-order valence-corrected chi connectivity index (χ4v) is 2.77. The molecule has 2 aromatic heterocycles. The molecule has 24 heavy (non-hydrogen) atoms. The molecule has 0 radical (unpaired) electrons. The van der Waals surface area contributed by atoms with E-state index in [-0.39, 0.29) is 11.9 Å². The molecule has 1 saturated heterocycles. The van der Waals surface area contributed by atoms with Crippen LogP contribution in [-0.2, 0) is 17.9 Å². The van der Waals surface area contributed by atoms with Crippen molar-refractivity contribution in [2.24, 2.45) is 0 Å². The number of nitrogens with one attached hydrogen (secondary N) is 1. The SMILES string of the molecule is Cc1ncc(CNC2CCCCN(Cc3nc(C)no3)C2=O)cn1. The van der Waals surface area contributed by atoms with E-state index in [1.807, 2.05) is 6.92 Å². The van der Waals surface area contributed by atoms with Crippen molar-refractivity contribution in [3.63, 3.8) is 0 Å². The van der Waals surface area contributed by atoms with Crippen molar-refractivity contribution in [2.75, 3.05) is 6.54 Å². The largest absolute Gasteiger partial charge is 0.337 e. The molecule has 1 N–H and O–H groups in total. The number of hydrogen-bond donors (Lipinski definition) is 1. The zero-order valence-electron chi connectivity index (χ0n) is 14.0. The standard InChI is InChI=1S/C16H22N6O2/c1-11-17-7-13(8-18-11)9-19-14-5-3-4-6-22(16(14)23)10-15-20-12(2)21-24-15/h7-8,14,19H,3-6,9-10H2,1-2H3. The Morgan fingerprint density at radius 3 is 2.75 bits per heavy atom. The summed E-state index contributed by atoms with van der Waals surface area (Å²) >= 11 is 0. The van der Waals surface area contributed by atoms with Crippen LogP contribution in [0.2, 0.25) is 0 Å². The third-order valence-corrected chi connectivity index (χ3v) is 4.06. The summed E-state index contributed by atoms with van der Waals surface area (Å²) in [5.74, 6) is 1.89. The van der Waals surface area contributed by atoms with Gasteiger partial charge >= 0.3 is 0 Å². The molecule has 1 amide bonds. The van der Waals surface area contributed by atoms with Crippen molar-refractivity contribution in [3.8, 4) is 0 Å². The van der Waals surface area contributed by atoms with Crippen molar-refractivity contribution >= 4 is 5.91 Å².